The molecule has 116 valence electrons. The molecule has 1 amide bonds. The molecule has 0 aliphatic heterocycles. The standard InChI is InChI=1S/C16H13FN4O2/c17-11-4-3-5-12(10-11)18-15(22)8-9-21-16(23)13-6-1-2-7-14(13)19-20-21/h1-7,10H,8-9H2,(H,18,22). The van der Waals surface area contributed by atoms with Crippen LogP contribution in [0.4, 0.5) is 10.1 Å². The number of rotatable bonds is 4. The van der Waals surface area contributed by atoms with Gasteiger partial charge in [0.25, 0.3) is 5.56 Å². The van der Waals surface area contributed by atoms with Gasteiger partial charge in [0.1, 0.15) is 11.3 Å². The second-order valence-corrected chi connectivity index (χ2v) is 4.94. The topological polar surface area (TPSA) is 76.9 Å². The molecule has 0 aliphatic rings. The van der Waals surface area contributed by atoms with Crippen LogP contribution in [-0.4, -0.2) is 20.9 Å². The molecule has 0 spiro atoms. The predicted molar refractivity (Wildman–Crippen MR) is 83.4 cm³/mol. The molecule has 0 aliphatic carbocycles. The number of halogens is 1. The molecule has 0 saturated carbocycles. The van der Waals surface area contributed by atoms with Crippen molar-refractivity contribution >= 4 is 22.5 Å². The summed E-state index contributed by atoms with van der Waals surface area (Å²) in [7, 11) is 0. The molecule has 1 N–H and O–H groups in total. The Hall–Kier alpha value is -3.09. The van der Waals surface area contributed by atoms with E-state index < -0.39 is 5.82 Å². The van der Waals surface area contributed by atoms with E-state index in [0.29, 0.717) is 16.6 Å². The number of carbonyl (C=O) groups is 1. The number of fused-ring (bicyclic) bond motifs is 1. The van der Waals surface area contributed by atoms with E-state index in [1.165, 1.54) is 18.2 Å². The molecule has 7 heteroatoms. The van der Waals surface area contributed by atoms with Crippen molar-refractivity contribution in [2.75, 3.05) is 5.32 Å². The molecule has 2 aromatic carbocycles. The second kappa shape index (κ2) is 6.35. The molecule has 0 atom stereocenters. The van der Waals surface area contributed by atoms with E-state index in [0.717, 1.165) is 4.68 Å². The number of aromatic nitrogens is 3. The van der Waals surface area contributed by atoms with Crippen molar-refractivity contribution in [3.63, 3.8) is 0 Å². The molecule has 0 fully saturated rings. The number of nitrogens with zero attached hydrogens (tertiary/aromatic N) is 3. The first kappa shape index (κ1) is 14.8. The van der Waals surface area contributed by atoms with Crippen molar-refractivity contribution in [2.45, 2.75) is 13.0 Å². The van der Waals surface area contributed by atoms with Gasteiger partial charge in [0.15, 0.2) is 0 Å². The number of nitrogens with one attached hydrogen (secondary N) is 1. The lowest BCUT2D eigenvalue weighted by Crippen LogP contribution is -2.26. The lowest BCUT2D eigenvalue weighted by Gasteiger charge is -2.06. The third-order valence-corrected chi connectivity index (χ3v) is 3.29. The number of hydrogen-bond donors (Lipinski definition) is 1. The summed E-state index contributed by atoms with van der Waals surface area (Å²) >= 11 is 0. The van der Waals surface area contributed by atoms with E-state index in [1.54, 1.807) is 30.3 Å². The van der Waals surface area contributed by atoms with E-state index in [9.17, 15) is 14.0 Å². The van der Waals surface area contributed by atoms with Crippen molar-refractivity contribution in [1.82, 2.24) is 15.0 Å². The lowest BCUT2D eigenvalue weighted by atomic mass is 10.2. The maximum Gasteiger partial charge on any atom is 0.277 e. The number of benzene rings is 2. The van der Waals surface area contributed by atoms with Gasteiger partial charge in [-0.2, -0.15) is 0 Å². The van der Waals surface area contributed by atoms with Gasteiger partial charge >= 0.3 is 0 Å². The van der Waals surface area contributed by atoms with Gasteiger partial charge in [-0.3, -0.25) is 9.59 Å². The normalized spacial score (nSPS) is 10.7. The summed E-state index contributed by atoms with van der Waals surface area (Å²) in [5.41, 5.74) is 0.582. The Morgan fingerprint density at radius 1 is 1.17 bits per heavy atom. The second-order valence-electron chi connectivity index (χ2n) is 4.94. The van der Waals surface area contributed by atoms with E-state index in [4.69, 9.17) is 0 Å². The van der Waals surface area contributed by atoms with Crippen LogP contribution < -0.4 is 10.9 Å². The molecule has 3 aromatic rings. The summed E-state index contributed by atoms with van der Waals surface area (Å²) in [4.78, 5) is 24.1. The van der Waals surface area contributed by atoms with Crippen LogP contribution in [0, 0.1) is 5.82 Å². The smallest absolute Gasteiger partial charge is 0.277 e. The fourth-order valence-corrected chi connectivity index (χ4v) is 2.17. The molecule has 0 bridgehead atoms. The van der Waals surface area contributed by atoms with Gasteiger partial charge in [-0.15, -0.1) is 5.10 Å². The molecular weight excluding hydrogens is 299 g/mol. The molecule has 1 heterocycles. The van der Waals surface area contributed by atoms with Crippen LogP contribution in [0.15, 0.2) is 53.3 Å². The van der Waals surface area contributed by atoms with Gasteiger partial charge in [0.05, 0.1) is 11.9 Å². The maximum atomic E-state index is 13.1. The van der Waals surface area contributed by atoms with Crippen molar-refractivity contribution in [3.05, 3.63) is 64.7 Å². The summed E-state index contributed by atoms with van der Waals surface area (Å²) in [5.74, 6) is -0.767. The fourth-order valence-electron chi connectivity index (χ4n) is 2.17. The van der Waals surface area contributed by atoms with Crippen molar-refractivity contribution < 1.29 is 9.18 Å². The van der Waals surface area contributed by atoms with Gasteiger partial charge in [0.2, 0.25) is 5.91 Å². The highest BCUT2D eigenvalue weighted by Gasteiger charge is 2.08. The Balaban J connectivity index is 1.70. The van der Waals surface area contributed by atoms with Crippen LogP contribution in [0.1, 0.15) is 6.42 Å². The van der Waals surface area contributed by atoms with Crippen molar-refractivity contribution in [3.8, 4) is 0 Å². The highest BCUT2D eigenvalue weighted by Crippen LogP contribution is 2.09. The SMILES string of the molecule is O=C(CCn1nnc2ccccc2c1=O)Nc1cccc(F)c1. The Bertz CT molecular complexity index is 923. The Morgan fingerprint density at radius 3 is 2.83 bits per heavy atom. The predicted octanol–water partition coefficient (Wildman–Crippen LogP) is 1.96. The third kappa shape index (κ3) is 3.39. The molecule has 0 saturated heterocycles. The zero-order valence-corrected chi connectivity index (χ0v) is 12.1. The van der Waals surface area contributed by atoms with Gasteiger partial charge in [-0.05, 0) is 30.3 Å². The number of carbonyl (C=O) groups excluding carboxylic acids is 1. The Labute approximate surface area is 130 Å². The Morgan fingerprint density at radius 2 is 2.00 bits per heavy atom. The zero-order valence-electron chi connectivity index (χ0n) is 12.1. The van der Waals surface area contributed by atoms with Crippen LogP contribution in [0.25, 0.3) is 10.9 Å². The summed E-state index contributed by atoms with van der Waals surface area (Å²) in [6.07, 6.45) is 0.0312. The number of anilines is 1. The van der Waals surface area contributed by atoms with Crippen molar-refractivity contribution in [1.29, 1.82) is 0 Å². The number of hydrogen-bond acceptors (Lipinski definition) is 4. The monoisotopic (exact) mass is 312 g/mol. The molecule has 23 heavy (non-hydrogen) atoms. The summed E-state index contributed by atoms with van der Waals surface area (Å²) < 4.78 is 14.2. The minimum atomic E-state index is -0.431. The van der Waals surface area contributed by atoms with Crippen molar-refractivity contribution in [2.24, 2.45) is 0 Å². The van der Waals surface area contributed by atoms with Gasteiger partial charge in [0, 0.05) is 12.1 Å². The highest BCUT2D eigenvalue weighted by atomic mass is 19.1. The third-order valence-electron chi connectivity index (χ3n) is 3.29. The minimum Gasteiger partial charge on any atom is -0.326 e. The molecular formula is C16H13FN4O2. The highest BCUT2D eigenvalue weighted by molar-refractivity contribution is 5.90. The fraction of sp³-hybridized carbons (Fsp3) is 0.125. The summed E-state index contributed by atoms with van der Waals surface area (Å²) in [6.45, 7) is 0.0951. The first-order valence-electron chi connectivity index (χ1n) is 7.01. The number of aryl methyl sites for hydroxylation is 1. The largest absolute Gasteiger partial charge is 0.326 e. The first-order chi connectivity index (χ1) is 11.1. The maximum absolute atomic E-state index is 13.1. The summed E-state index contributed by atoms with van der Waals surface area (Å²) in [5, 5.41) is 10.8. The van der Waals surface area contributed by atoms with Crippen LogP contribution >= 0.6 is 0 Å². The van der Waals surface area contributed by atoms with Gasteiger partial charge in [-0.1, -0.05) is 23.4 Å². The van der Waals surface area contributed by atoms with E-state index in [-0.39, 0.29) is 24.4 Å². The Kier molecular flexibility index (Phi) is 4.09. The number of amides is 1. The zero-order chi connectivity index (χ0) is 16.2. The quantitative estimate of drug-likeness (QED) is 0.799. The van der Waals surface area contributed by atoms with Crippen LogP contribution in [0.3, 0.4) is 0 Å². The molecule has 1 aromatic heterocycles. The summed E-state index contributed by atoms with van der Waals surface area (Å²) in [6, 6.07) is 12.5. The lowest BCUT2D eigenvalue weighted by molar-refractivity contribution is -0.116. The van der Waals surface area contributed by atoms with Gasteiger partial charge in [-0.25, -0.2) is 9.07 Å². The van der Waals surface area contributed by atoms with E-state index >= 15 is 0 Å². The minimum absolute atomic E-state index is 0.0312. The molecule has 6 nitrogen and oxygen atoms in total. The molecule has 0 radical (unpaired) electrons. The average Bonchev–Trinajstić information content (AvgIpc) is 2.54. The van der Waals surface area contributed by atoms with Crippen LogP contribution in [0.5, 0.6) is 0 Å². The molecule has 3 rings (SSSR count). The average molecular weight is 312 g/mol. The van der Waals surface area contributed by atoms with Crippen LogP contribution in [0.2, 0.25) is 0 Å². The van der Waals surface area contributed by atoms with Gasteiger partial charge < -0.3 is 5.32 Å². The van der Waals surface area contributed by atoms with E-state index in [2.05, 4.69) is 15.6 Å². The first-order valence-corrected chi connectivity index (χ1v) is 7.01. The van der Waals surface area contributed by atoms with Crippen LogP contribution in [-0.2, 0) is 11.3 Å². The van der Waals surface area contributed by atoms with E-state index in [1.807, 2.05) is 0 Å². The molecule has 0 unspecified atom stereocenters.